The summed E-state index contributed by atoms with van der Waals surface area (Å²) in [5.74, 6) is 0. The van der Waals surface area contributed by atoms with Gasteiger partial charge in [-0.3, -0.25) is 5.43 Å². The van der Waals surface area contributed by atoms with E-state index in [1.54, 1.807) is 0 Å². The van der Waals surface area contributed by atoms with E-state index in [1.165, 1.54) is 6.42 Å². The second kappa shape index (κ2) is 5.76. The molecule has 0 aromatic heterocycles. The first kappa shape index (κ1) is 15.1. The summed E-state index contributed by atoms with van der Waals surface area (Å²) < 4.78 is 34.3. The minimum atomic E-state index is -3.44. The van der Waals surface area contributed by atoms with Crippen LogP contribution in [0.3, 0.4) is 0 Å². The summed E-state index contributed by atoms with van der Waals surface area (Å²) in [5, 5.41) is 1.63. The van der Waals surface area contributed by atoms with Gasteiger partial charge in [0.1, 0.15) is 11.4 Å². The lowest BCUT2D eigenvalue weighted by Gasteiger charge is -2.41. The summed E-state index contributed by atoms with van der Waals surface area (Å²) >= 11 is 0. The monoisotopic (exact) mass is 315 g/mol. The lowest BCUT2D eigenvalue weighted by atomic mass is 9.97. The summed E-state index contributed by atoms with van der Waals surface area (Å²) in [5.41, 5.74) is 3.13. The Balaban J connectivity index is 1.77. The van der Waals surface area contributed by atoms with Gasteiger partial charge in [0.15, 0.2) is 0 Å². The van der Waals surface area contributed by atoms with Gasteiger partial charge in [-0.15, -0.1) is 4.40 Å². The number of hydrogen-bond acceptors (Lipinski definition) is 5. The number of nitrogens with one attached hydrogen (secondary N) is 1. The Hall–Kier alpha value is -0.820. The van der Waals surface area contributed by atoms with Crippen molar-refractivity contribution in [2.45, 2.75) is 82.2 Å². The van der Waals surface area contributed by atoms with Crippen LogP contribution in [0, 0.1) is 0 Å². The molecule has 21 heavy (non-hydrogen) atoms. The van der Waals surface area contributed by atoms with E-state index in [9.17, 15) is 8.42 Å². The zero-order valence-corrected chi connectivity index (χ0v) is 13.6. The molecule has 0 aromatic rings. The molecule has 1 saturated carbocycles. The van der Waals surface area contributed by atoms with Crippen LogP contribution in [-0.4, -0.2) is 42.9 Å². The quantitative estimate of drug-likeness (QED) is 0.798. The molecule has 1 saturated heterocycles. The molecule has 1 aliphatic carbocycles. The molecule has 3 aliphatic rings. The van der Waals surface area contributed by atoms with E-state index < -0.39 is 15.3 Å². The van der Waals surface area contributed by atoms with Crippen LogP contribution >= 0.6 is 0 Å². The first-order chi connectivity index (χ1) is 9.97. The van der Waals surface area contributed by atoms with Crippen molar-refractivity contribution in [2.75, 3.05) is 0 Å². The normalized spacial score (nSPS) is 39.8. The maximum atomic E-state index is 12.3. The Morgan fingerprint density at radius 3 is 2.48 bits per heavy atom. The Morgan fingerprint density at radius 2 is 1.76 bits per heavy atom. The molecule has 3 rings (SSSR count). The lowest BCUT2D eigenvalue weighted by Crippen LogP contribution is -2.57. The Bertz CT molecular complexity index is 510. The maximum absolute atomic E-state index is 12.3. The van der Waals surface area contributed by atoms with E-state index >= 15 is 0 Å². The number of amidine groups is 1. The van der Waals surface area contributed by atoms with Crippen LogP contribution in [0.15, 0.2) is 4.40 Å². The Labute approximate surface area is 127 Å². The largest absolute Gasteiger partial charge is 0.459 e. The van der Waals surface area contributed by atoms with Crippen molar-refractivity contribution >= 4 is 16.0 Å². The fourth-order valence-electron chi connectivity index (χ4n) is 3.69. The van der Waals surface area contributed by atoms with Crippen molar-refractivity contribution in [3.05, 3.63) is 0 Å². The molecule has 0 radical (unpaired) electrons. The van der Waals surface area contributed by atoms with Crippen LogP contribution in [-0.2, 0) is 14.8 Å². The van der Waals surface area contributed by atoms with Crippen LogP contribution in [0.4, 0.5) is 0 Å². The molecule has 2 heterocycles. The fraction of sp³-hybridized carbons (Fsp3) is 0.929. The average molecular weight is 315 g/mol. The third kappa shape index (κ3) is 3.04. The molecule has 4 unspecified atom stereocenters. The molecule has 6 nitrogen and oxygen atoms in total. The average Bonchev–Trinajstić information content (AvgIpc) is 2.42. The molecule has 2 aliphatic heterocycles. The zero-order chi connectivity index (χ0) is 15.0. The second-order valence-corrected chi connectivity index (χ2v) is 8.36. The van der Waals surface area contributed by atoms with Crippen molar-refractivity contribution in [3.8, 4) is 0 Å². The SMILES string of the molecule is CC1CCCC(C)N1NC1=NS(=O)(=O)C2CCCCC2O1. The third-order valence-electron chi connectivity index (χ3n) is 4.92. The van der Waals surface area contributed by atoms with Crippen molar-refractivity contribution in [2.24, 2.45) is 4.40 Å². The van der Waals surface area contributed by atoms with Gasteiger partial charge in [-0.25, -0.2) is 13.4 Å². The Morgan fingerprint density at radius 1 is 1.10 bits per heavy atom. The lowest BCUT2D eigenvalue weighted by molar-refractivity contribution is 0.0478. The number of nitrogens with zero attached hydrogens (tertiary/aromatic N) is 2. The first-order valence-electron chi connectivity index (χ1n) is 8.03. The number of hydrogen-bond donors (Lipinski definition) is 1. The molecule has 0 amide bonds. The van der Waals surface area contributed by atoms with Crippen molar-refractivity contribution in [1.82, 2.24) is 10.4 Å². The third-order valence-corrected chi connectivity index (χ3v) is 6.64. The predicted molar refractivity (Wildman–Crippen MR) is 81.2 cm³/mol. The zero-order valence-electron chi connectivity index (χ0n) is 12.8. The highest BCUT2D eigenvalue weighted by Crippen LogP contribution is 2.31. The van der Waals surface area contributed by atoms with Crippen LogP contribution in [0.5, 0.6) is 0 Å². The molecule has 0 aromatic carbocycles. The molecular formula is C14H25N3O3S. The Kier molecular flexibility index (Phi) is 4.14. The smallest absolute Gasteiger partial charge is 0.315 e. The highest BCUT2D eigenvalue weighted by Gasteiger charge is 2.42. The van der Waals surface area contributed by atoms with Crippen molar-refractivity contribution < 1.29 is 13.2 Å². The standard InChI is InChI=1S/C14H25N3O3S/c1-10-6-5-7-11(2)17(10)15-14-16-21(18,19)13-9-4-3-8-12(13)20-14/h10-13H,3-9H2,1-2H3,(H,15,16). The number of rotatable bonds is 1. The van der Waals surface area contributed by atoms with E-state index in [-0.39, 0.29) is 12.1 Å². The van der Waals surface area contributed by atoms with E-state index in [0.29, 0.717) is 18.5 Å². The van der Waals surface area contributed by atoms with Gasteiger partial charge in [-0.2, -0.15) is 0 Å². The van der Waals surface area contributed by atoms with E-state index in [1.807, 2.05) is 0 Å². The van der Waals surface area contributed by atoms with Gasteiger partial charge in [0.05, 0.1) is 0 Å². The summed E-state index contributed by atoms with van der Waals surface area (Å²) in [4.78, 5) is 0. The van der Waals surface area contributed by atoms with Crippen LogP contribution in [0.2, 0.25) is 0 Å². The van der Waals surface area contributed by atoms with Crippen molar-refractivity contribution in [3.63, 3.8) is 0 Å². The first-order valence-corrected chi connectivity index (χ1v) is 9.53. The molecule has 2 fully saturated rings. The number of fused-ring (bicyclic) bond motifs is 1. The van der Waals surface area contributed by atoms with Gasteiger partial charge < -0.3 is 4.74 Å². The summed E-state index contributed by atoms with van der Waals surface area (Å²) in [6.45, 7) is 4.29. The molecule has 120 valence electrons. The molecule has 4 atom stereocenters. The summed E-state index contributed by atoms with van der Waals surface area (Å²) in [6, 6.07) is 0.873. The van der Waals surface area contributed by atoms with Crippen molar-refractivity contribution in [1.29, 1.82) is 0 Å². The topological polar surface area (TPSA) is 71.0 Å². The van der Waals surface area contributed by atoms with Gasteiger partial charge in [0.2, 0.25) is 0 Å². The van der Waals surface area contributed by atoms with Crippen LogP contribution < -0.4 is 5.43 Å². The van der Waals surface area contributed by atoms with Gasteiger partial charge in [0.25, 0.3) is 10.0 Å². The van der Waals surface area contributed by atoms with E-state index in [2.05, 4.69) is 28.7 Å². The van der Waals surface area contributed by atoms with Crippen LogP contribution in [0.25, 0.3) is 0 Å². The number of sulfonamides is 1. The molecule has 0 spiro atoms. The molecular weight excluding hydrogens is 290 g/mol. The molecule has 0 bridgehead atoms. The minimum absolute atomic E-state index is 0.166. The maximum Gasteiger partial charge on any atom is 0.315 e. The van der Waals surface area contributed by atoms with Gasteiger partial charge in [0, 0.05) is 12.1 Å². The number of hydrazine groups is 1. The van der Waals surface area contributed by atoms with E-state index in [0.717, 1.165) is 32.1 Å². The summed E-state index contributed by atoms with van der Waals surface area (Å²) in [7, 11) is -3.44. The summed E-state index contributed by atoms with van der Waals surface area (Å²) in [6.07, 6.45) is 6.61. The highest BCUT2D eigenvalue weighted by atomic mass is 32.2. The number of piperidine rings is 1. The van der Waals surface area contributed by atoms with Gasteiger partial charge in [-0.1, -0.05) is 12.8 Å². The minimum Gasteiger partial charge on any atom is -0.459 e. The highest BCUT2D eigenvalue weighted by molar-refractivity contribution is 7.91. The van der Waals surface area contributed by atoms with Gasteiger partial charge >= 0.3 is 6.02 Å². The molecule has 7 heteroatoms. The van der Waals surface area contributed by atoms with E-state index in [4.69, 9.17) is 4.74 Å². The predicted octanol–water partition coefficient (Wildman–Crippen LogP) is 1.78. The van der Waals surface area contributed by atoms with Gasteiger partial charge in [-0.05, 0) is 46.0 Å². The number of ether oxygens (including phenoxy) is 1. The molecule has 1 N–H and O–H groups in total. The van der Waals surface area contributed by atoms with Crippen LogP contribution in [0.1, 0.15) is 58.8 Å². The fourth-order valence-corrected chi connectivity index (χ4v) is 5.18. The second-order valence-electron chi connectivity index (χ2n) is 6.54.